The number of methoxy groups -OCH3 is 1. The first-order valence-corrected chi connectivity index (χ1v) is 5.81. The predicted molar refractivity (Wildman–Crippen MR) is 66.5 cm³/mol. The van der Waals surface area contributed by atoms with Gasteiger partial charge in [0.15, 0.2) is 0 Å². The van der Waals surface area contributed by atoms with E-state index in [1.54, 1.807) is 7.11 Å². The molecule has 1 aromatic rings. The molecule has 1 rings (SSSR count). The van der Waals surface area contributed by atoms with Gasteiger partial charge in [-0.1, -0.05) is 25.1 Å². The highest BCUT2D eigenvalue weighted by molar-refractivity contribution is 5.35. The molecule has 0 radical (unpaired) electrons. The predicted octanol–water partition coefficient (Wildman–Crippen LogP) is 3.01. The van der Waals surface area contributed by atoms with Crippen LogP contribution in [-0.4, -0.2) is 18.8 Å². The van der Waals surface area contributed by atoms with Gasteiger partial charge < -0.3 is 9.84 Å². The third-order valence-electron chi connectivity index (χ3n) is 3.15. The summed E-state index contributed by atoms with van der Waals surface area (Å²) in [5.74, 6) is 0.222. The van der Waals surface area contributed by atoms with Gasteiger partial charge in [-0.05, 0) is 42.9 Å². The van der Waals surface area contributed by atoms with Crippen LogP contribution in [-0.2, 0) is 4.74 Å². The normalized spacial score (nSPS) is 14.8. The van der Waals surface area contributed by atoms with Crippen molar-refractivity contribution in [2.45, 2.75) is 33.3 Å². The molecule has 0 fully saturated rings. The number of aliphatic hydroxyl groups is 1. The van der Waals surface area contributed by atoms with Gasteiger partial charge in [0.1, 0.15) is 0 Å². The van der Waals surface area contributed by atoms with E-state index < -0.39 is 6.10 Å². The first-order valence-electron chi connectivity index (χ1n) is 5.81. The molecule has 0 saturated heterocycles. The number of aryl methyl sites for hydroxylation is 2. The molecule has 0 bridgehead atoms. The van der Waals surface area contributed by atoms with Crippen molar-refractivity contribution in [1.82, 2.24) is 0 Å². The third kappa shape index (κ3) is 3.06. The largest absolute Gasteiger partial charge is 0.388 e. The fourth-order valence-electron chi connectivity index (χ4n) is 2.04. The van der Waals surface area contributed by atoms with Crippen molar-refractivity contribution < 1.29 is 9.84 Å². The molecule has 1 aromatic carbocycles. The molecule has 0 aliphatic carbocycles. The molecular formula is C14H22O2. The van der Waals surface area contributed by atoms with E-state index in [0.29, 0.717) is 6.61 Å². The van der Waals surface area contributed by atoms with E-state index in [2.05, 4.69) is 32.9 Å². The van der Waals surface area contributed by atoms with Gasteiger partial charge >= 0.3 is 0 Å². The molecule has 1 N–H and O–H groups in total. The molecule has 0 aromatic heterocycles. The highest BCUT2D eigenvalue weighted by Gasteiger charge is 2.19. The Morgan fingerprint density at radius 2 is 1.81 bits per heavy atom. The Hall–Kier alpha value is -0.860. The Labute approximate surface area is 98.3 Å². The van der Waals surface area contributed by atoms with Crippen LogP contribution in [0.2, 0.25) is 0 Å². The molecule has 2 heteroatoms. The lowest BCUT2D eigenvalue weighted by atomic mass is 9.89. The minimum atomic E-state index is -0.392. The smallest absolute Gasteiger partial charge is 0.0821 e. The number of hydrogen-bond acceptors (Lipinski definition) is 2. The minimum Gasteiger partial charge on any atom is -0.388 e. The van der Waals surface area contributed by atoms with E-state index in [-0.39, 0.29) is 5.92 Å². The van der Waals surface area contributed by atoms with E-state index in [0.717, 1.165) is 23.1 Å². The molecule has 0 spiro atoms. The molecular weight excluding hydrogens is 200 g/mol. The SMILES string of the molecule is COCCC(C)C(O)c1c(C)cccc1C. The highest BCUT2D eigenvalue weighted by Crippen LogP contribution is 2.29. The Balaban J connectivity index is 2.82. The molecule has 0 saturated carbocycles. The van der Waals surface area contributed by atoms with Crippen molar-refractivity contribution in [3.63, 3.8) is 0 Å². The Morgan fingerprint density at radius 1 is 1.25 bits per heavy atom. The van der Waals surface area contributed by atoms with Gasteiger partial charge in [-0.15, -0.1) is 0 Å². The topological polar surface area (TPSA) is 29.5 Å². The van der Waals surface area contributed by atoms with Gasteiger partial charge in [-0.3, -0.25) is 0 Å². The average molecular weight is 222 g/mol. The summed E-state index contributed by atoms with van der Waals surface area (Å²) in [5.41, 5.74) is 3.40. The van der Waals surface area contributed by atoms with Crippen molar-refractivity contribution in [2.24, 2.45) is 5.92 Å². The van der Waals surface area contributed by atoms with E-state index in [9.17, 15) is 5.11 Å². The molecule has 90 valence electrons. The fraction of sp³-hybridized carbons (Fsp3) is 0.571. The maximum atomic E-state index is 10.3. The van der Waals surface area contributed by atoms with Crippen LogP contribution in [0.5, 0.6) is 0 Å². The van der Waals surface area contributed by atoms with Crippen LogP contribution in [0.15, 0.2) is 18.2 Å². The van der Waals surface area contributed by atoms with E-state index in [1.165, 1.54) is 0 Å². The van der Waals surface area contributed by atoms with Crippen LogP contribution in [0.3, 0.4) is 0 Å². The maximum Gasteiger partial charge on any atom is 0.0821 e. The molecule has 0 heterocycles. The van der Waals surface area contributed by atoms with Gasteiger partial charge in [-0.25, -0.2) is 0 Å². The van der Waals surface area contributed by atoms with Crippen LogP contribution in [0, 0.1) is 19.8 Å². The summed E-state index contributed by atoms with van der Waals surface area (Å²) in [7, 11) is 1.69. The van der Waals surface area contributed by atoms with Gasteiger partial charge in [-0.2, -0.15) is 0 Å². The summed E-state index contributed by atoms with van der Waals surface area (Å²) < 4.78 is 5.05. The summed E-state index contributed by atoms with van der Waals surface area (Å²) in [6, 6.07) is 6.13. The van der Waals surface area contributed by atoms with Crippen molar-refractivity contribution in [2.75, 3.05) is 13.7 Å². The van der Waals surface area contributed by atoms with Crippen LogP contribution in [0.25, 0.3) is 0 Å². The minimum absolute atomic E-state index is 0.222. The van der Waals surface area contributed by atoms with E-state index >= 15 is 0 Å². The van der Waals surface area contributed by atoms with Crippen LogP contribution >= 0.6 is 0 Å². The monoisotopic (exact) mass is 222 g/mol. The number of rotatable bonds is 5. The van der Waals surface area contributed by atoms with E-state index in [4.69, 9.17) is 4.74 Å². The zero-order valence-electron chi connectivity index (χ0n) is 10.7. The molecule has 0 amide bonds. The summed E-state index contributed by atoms with van der Waals surface area (Å²) in [6.07, 6.45) is 0.488. The lowest BCUT2D eigenvalue weighted by Gasteiger charge is -2.22. The molecule has 0 aliphatic heterocycles. The number of hydrogen-bond donors (Lipinski definition) is 1. The maximum absolute atomic E-state index is 10.3. The standard InChI is InChI=1S/C14H22O2/c1-10-6-5-7-11(2)13(10)14(15)12(3)8-9-16-4/h5-7,12,14-15H,8-9H2,1-4H3. The highest BCUT2D eigenvalue weighted by atomic mass is 16.5. The van der Waals surface area contributed by atoms with E-state index in [1.807, 2.05) is 6.07 Å². The second kappa shape index (κ2) is 6.02. The summed E-state index contributed by atoms with van der Waals surface area (Å²) in [6.45, 7) is 6.86. The Bertz CT molecular complexity index is 313. The second-order valence-corrected chi connectivity index (χ2v) is 4.51. The zero-order valence-corrected chi connectivity index (χ0v) is 10.7. The summed E-state index contributed by atoms with van der Waals surface area (Å²) in [5, 5.41) is 10.3. The quantitative estimate of drug-likeness (QED) is 0.830. The first-order chi connectivity index (χ1) is 7.57. The van der Waals surface area contributed by atoms with Crippen molar-refractivity contribution in [3.8, 4) is 0 Å². The number of benzene rings is 1. The number of ether oxygens (including phenoxy) is 1. The number of aliphatic hydroxyl groups excluding tert-OH is 1. The van der Waals surface area contributed by atoms with Gasteiger partial charge in [0.25, 0.3) is 0 Å². The van der Waals surface area contributed by atoms with Crippen LogP contribution in [0.1, 0.15) is 36.1 Å². The molecule has 0 aliphatic rings. The molecule has 2 unspecified atom stereocenters. The van der Waals surface area contributed by atoms with Gasteiger partial charge in [0, 0.05) is 13.7 Å². The lowest BCUT2D eigenvalue weighted by molar-refractivity contribution is 0.0877. The van der Waals surface area contributed by atoms with Gasteiger partial charge in [0.2, 0.25) is 0 Å². The average Bonchev–Trinajstić information content (AvgIpc) is 2.25. The van der Waals surface area contributed by atoms with Crippen LogP contribution in [0.4, 0.5) is 0 Å². The zero-order chi connectivity index (χ0) is 12.1. The van der Waals surface area contributed by atoms with Gasteiger partial charge in [0.05, 0.1) is 6.10 Å². The Kier molecular flexibility index (Phi) is 4.97. The van der Waals surface area contributed by atoms with Crippen molar-refractivity contribution in [1.29, 1.82) is 0 Å². The lowest BCUT2D eigenvalue weighted by Crippen LogP contribution is -2.13. The molecule has 16 heavy (non-hydrogen) atoms. The molecule has 2 atom stereocenters. The summed E-state index contributed by atoms with van der Waals surface area (Å²) >= 11 is 0. The van der Waals surface area contributed by atoms with Crippen molar-refractivity contribution >= 4 is 0 Å². The fourth-order valence-corrected chi connectivity index (χ4v) is 2.04. The first kappa shape index (κ1) is 13.2. The van der Waals surface area contributed by atoms with Crippen LogP contribution < -0.4 is 0 Å². The molecule has 2 nitrogen and oxygen atoms in total. The second-order valence-electron chi connectivity index (χ2n) is 4.51. The Morgan fingerprint density at radius 3 is 2.31 bits per heavy atom. The third-order valence-corrected chi connectivity index (χ3v) is 3.15. The van der Waals surface area contributed by atoms with Crippen molar-refractivity contribution in [3.05, 3.63) is 34.9 Å². The summed E-state index contributed by atoms with van der Waals surface area (Å²) in [4.78, 5) is 0.